The lowest BCUT2D eigenvalue weighted by Crippen LogP contribution is -2.40. The number of hydrogen-bond donors (Lipinski definition) is 1. The van der Waals surface area contributed by atoms with E-state index in [0.29, 0.717) is 13.2 Å². The molecule has 1 heterocycles. The third kappa shape index (κ3) is 2.63. The van der Waals surface area contributed by atoms with Crippen molar-refractivity contribution >= 4 is 0 Å². The molecule has 0 radical (unpaired) electrons. The lowest BCUT2D eigenvalue weighted by atomic mass is 10.0. The van der Waals surface area contributed by atoms with E-state index in [-0.39, 0.29) is 6.42 Å². The highest BCUT2D eigenvalue weighted by Gasteiger charge is 2.40. The van der Waals surface area contributed by atoms with E-state index in [2.05, 4.69) is 0 Å². The normalized spacial score (nSPS) is 24.5. The molecule has 6 heteroatoms. The molecule has 1 saturated heterocycles. The summed E-state index contributed by atoms with van der Waals surface area (Å²) in [5.74, 6) is -0.922. The Morgan fingerprint density at radius 2 is 2.07 bits per heavy atom. The summed E-state index contributed by atoms with van der Waals surface area (Å²) < 4.78 is 10.5. The standard InChI is InChI=1S/C8H15NO5/c1-6(10)7(9(11)12)5-8(2)13-3-4-14-8/h6-7,10H,3-5H2,1-2H3. The summed E-state index contributed by atoms with van der Waals surface area (Å²) in [6.45, 7) is 3.94. The molecule has 0 aliphatic carbocycles. The Hall–Kier alpha value is -0.720. The van der Waals surface area contributed by atoms with Gasteiger partial charge in [0.05, 0.1) is 19.6 Å². The van der Waals surface area contributed by atoms with Crippen LogP contribution in [0, 0.1) is 10.1 Å². The third-order valence-corrected chi connectivity index (χ3v) is 2.31. The highest BCUT2D eigenvalue weighted by atomic mass is 16.7. The molecule has 14 heavy (non-hydrogen) atoms. The van der Waals surface area contributed by atoms with Gasteiger partial charge < -0.3 is 14.6 Å². The minimum absolute atomic E-state index is 0.0671. The number of hydrogen-bond acceptors (Lipinski definition) is 5. The minimum atomic E-state index is -1.04. The zero-order chi connectivity index (χ0) is 10.8. The van der Waals surface area contributed by atoms with Gasteiger partial charge >= 0.3 is 0 Å². The molecule has 0 bridgehead atoms. The largest absolute Gasteiger partial charge is 0.386 e. The molecule has 0 aromatic rings. The van der Waals surface area contributed by atoms with Crippen LogP contribution < -0.4 is 0 Å². The highest BCUT2D eigenvalue weighted by molar-refractivity contribution is 4.76. The van der Waals surface area contributed by atoms with Crippen molar-refractivity contribution in [1.82, 2.24) is 0 Å². The number of aliphatic hydroxyl groups is 1. The van der Waals surface area contributed by atoms with Crippen LogP contribution in [0.4, 0.5) is 0 Å². The van der Waals surface area contributed by atoms with E-state index in [4.69, 9.17) is 9.47 Å². The van der Waals surface area contributed by atoms with Gasteiger partial charge in [-0.2, -0.15) is 0 Å². The number of nitro groups is 1. The van der Waals surface area contributed by atoms with Crippen LogP contribution in [0.15, 0.2) is 0 Å². The van der Waals surface area contributed by atoms with Crippen LogP contribution in [-0.2, 0) is 9.47 Å². The Morgan fingerprint density at radius 3 is 2.43 bits per heavy atom. The molecule has 1 fully saturated rings. The first-order valence-corrected chi connectivity index (χ1v) is 4.54. The smallest absolute Gasteiger partial charge is 0.243 e. The molecule has 2 atom stereocenters. The summed E-state index contributed by atoms with van der Waals surface area (Å²) in [5.41, 5.74) is 0. The van der Waals surface area contributed by atoms with Crippen molar-refractivity contribution < 1.29 is 19.5 Å². The van der Waals surface area contributed by atoms with Gasteiger partial charge in [0.2, 0.25) is 6.04 Å². The summed E-state index contributed by atoms with van der Waals surface area (Å²) in [6.07, 6.45) is -0.938. The van der Waals surface area contributed by atoms with E-state index in [0.717, 1.165) is 0 Å². The van der Waals surface area contributed by atoms with Crippen molar-refractivity contribution in [3.05, 3.63) is 10.1 Å². The zero-order valence-corrected chi connectivity index (χ0v) is 8.30. The van der Waals surface area contributed by atoms with Crippen LogP contribution >= 0.6 is 0 Å². The fourth-order valence-corrected chi connectivity index (χ4v) is 1.48. The maximum atomic E-state index is 10.6. The lowest BCUT2D eigenvalue weighted by molar-refractivity contribution is -0.540. The van der Waals surface area contributed by atoms with Crippen molar-refractivity contribution in [3.8, 4) is 0 Å². The average molecular weight is 205 g/mol. The van der Waals surface area contributed by atoms with E-state index >= 15 is 0 Å². The van der Waals surface area contributed by atoms with Gasteiger partial charge in [0.1, 0.15) is 6.10 Å². The molecule has 1 aliphatic heterocycles. The molecular formula is C8H15NO5. The Labute approximate surface area is 82.0 Å². The van der Waals surface area contributed by atoms with Crippen LogP contribution in [-0.4, -0.2) is 41.2 Å². The molecule has 1 N–H and O–H groups in total. The van der Waals surface area contributed by atoms with Gasteiger partial charge in [0, 0.05) is 4.92 Å². The van der Waals surface area contributed by atoms with Gasteiger partial charge in [0.15, 0.2) is 5.79 Å². The lowest BCUT2D eigenvalue weighted by Gasteiger charge is -2.24. The number of nitrogens with zero attached hydrogens (tertiary/aromatic N) is 1. The predicted molar refractivity (Wildman–Crippen MR) is 47.4 cm³/mol. The van der Waals surface area contributed by atoms with Gasteiger partial charge in [0.25, 0.3) is 0 Å². The molecule has 0 amide bonds. The number of ether oxygens (including phenoxy) is 2. The van der Waals surface area contributed by atoms with E-state index in [1.54, 1.807) is 6.92 Å². The first-order valence-electron chi connectivity index (χ1n) is 4.54. The molecular weight excluding hydrogens is 190 g/mol. The maximum Gasteiger partial charge on any atom is 0.243 e. The predicted octanol–water partition coefficient (Wildman–Crippen LogP) is 0.166. The zero-order valence-electron chi connectivity index (χ0n) is 8.30. The molecule has 1 aliphatic rings. The fraction of sp³-hybridized carbons (Fsp3) is 1.00. The second kappa shape index (κ2) is 4.20. The molecule has 82 valence electrons. The van der Waals surface area contributed by atoms with Crippen molar-refractivity contribution in [3.63, 3.8) is 0 Å². The van der Waals surface area contributed by atoms with Crippen LogP contribution in [0.3, 0.4) is 0 Å². The number of aliphatic hydroxyl groups excluding tert-OH is 1. The third-order valence-electron chi connectivity index (χ3n) is 2.31. The SMILES string of the molecule is CC(O)C(CC1(C)OCCO1)[N+](=O)[O-]. The molecule has 2 unspecified atom stereocenters. The van der Waals surface area contributed by atoms with Crippen LogP contribution in [0.1, 0.15) is 20.3 Å². The molecule has 0 spiro atoms. The molecule has 0 aromatic carbocycles. The Bertz CT molecular complexity index is 212. The molecule has 0 aromatic heterocycles. The Kier molecular flexibility index (Phi) is 3.41. The van der Waals surface area contributed by atoms with Crippen LogP contribution in [0.25, 0.3) is 0 Å². The van der Waals surface area contributed by atoms with Gasteiger partial charge in [-0.25, -0.2) is 0 Å². The van der Waals surface area contributed by atoms with E-state index < -0.39 is 22.9 Å². The topological polar surface area (TPSA) is 81.8 Å². The maximum absolute atomic E-state index is 10.6. The van der Waals surface area contributed by atoms with E-state index in [9.17, 15) is 15.2 Å². The first kappa shape index (κ1) is 11.4. The summed E-state index contributed by atoms with van der Waals surface area (Å²) in [4.78, 5) is 10.1. The highest BCUT2D eigenvalue weighted by Crippen LogP contribution is 2.26. The van der Waals surface area contributed by atoms with E-state index in [1.165, 1.54) is 6.92 Å². The second-order valence-electron chi connectivity index (χ2n) is 3.63. The van der Waals surface area contributed by atoms with Crippen molar-refractivity contribution in [2.75, 3.05) is 13.2 Å². The van der Waals surface area contributed by atoms with Gasteiger partial charge in [-0.3, -0.25) is 10.1 Å². The molecule has 1 rings (SSSR count). The Balaban J connectivity index is 2.58. The molecule has 6 nitrogen and oxygen atoms in total. The van der Waals surface area contributed by atoms with E-state index in [1.807, 2.05) is 0 Å². The first-order chi connectivity index (χ1) is 6.44. The average Bonchev–Trinajstić information content (AvgIpc) is 2.48. The fourth-order valence-electron chi connectivity index (χ4n) is 1.48. The summed E-state index contributed by atoms with van der Waals surface area (Å²) >= 11 is 0. The van der Waals surface area contributed by atoms with Crippen LogP contribution in [0.5, 0.6) is 0 Å². The monoisotopic (exact) mass is 205 g/mol. The van der Waals surface area contributed by atoms with Crippen molar-refractivity contribution in [2.24, 2.45) is 0 Å². The van der Waals surface area contributed by atoms with Crippen molar-refractivity contribution in [1.29, 1.82) is 0 Å². The van der Waals surface area contributed by atoms with Gasteiger partial charge in [-0.1, -0.05) is 0 Å². The summed E-state index contributed by atoms with van der Waals surface area (Å²) in [5, 5.41) is 19.8. The summed E-state index contributed by atoms with van der Waals surface area (Å²) in [7, 11) is 0. The van der Waals surface area contributed by atoms with Gasteiger partial charge in [-0.05, 0) is 13.8 Å². The summed E-state index contributed by atoms with van der Waals surface area (Å²) in [6, 6.07) is -1.04. The van der Waals surface area contributed by atoms with Crippen molar-refractivity contribution in [2.45, 2.75) is 38.2 Å². The van der Waals surface area contributed by atoms with Gasteiger partial charge in [-0.15, -0.1) is 0 Å². The quantitative estimate of drug-likeness (QED) is 0.522. The number of rotatable bonds is 4. The Morgan fingerprint density at radius 1 is 1.57 bits per heavy atom. The van der Waals surface area contributed by atoms with Crippen LogP contribution in [0.2, 0.25) is 0 Å². The second-order valence-corrected chi connectivity index (χ2v) is 3.63. The minimum Gasteiger partial charge on any atom is -0.386 e. The molecule has 0 saturated carbocycles.